The van der Waals surface area contributed by atoms with Crippen molar-refractivity contribution >= 4 is 5.97 Å². The van der Waals surface area contributed by atoms with Crippen molar-refractivity contribution in [3.63, 3.8) is 0 Å². The second kappa shape index (κ2) is 10.5. The Bertz CT molecular complexity index is 1060. The maximum atomic E-state index is 12.9. The van der Waals surface area contributed by atoms with Gasteiger partial charge in [-0.25, -0.2) is 4.79 Å². The largest absolute Gasteiger partial charge is 0.493 e. The second-order valence-electron chi connectivity index (χ2n) is 7.55. The van der Waals surface area contributed by atoms with Crippen molar-refractivity contribution < 1.29 is 37.1 Å². The number of carbonyl (C=O) groups is 1. The molecule has 0 aliphatic rings. The van der Waals surface area contributed by atoms with Crippen LogP contribution >= 0.6 is 0 Å². The Labute approximate surface area is 188 Å². The molecule has 0 fully saturated rings. The molecule has 176 valence electrons. The first kappa shape index (κ1) is 24.2. The molecule has 33 heavy (non-hydrogen) atoms. The quantitative estimate of drug-likeness (QED) is 0.461. The highest BCUT2D eigenvalue weighted by Crippen LogP contribution is 2.31. The number of carboxylic acids is 1. The van der Waals surface area contributed by atoms with Gasteiger partial charge in [-0.3, -0.25) is 0 Å². The minimum Gasteiger partial charge on any atom is -0.493 e. The molecule has 7 nitrogen and oxygen atoms in total. The van der Waals surface area contributed by atoms with Crippen LogP contribution in [-0.2, 0) is 28.5 Å². The van der Waals surface area contributed by atoms with Gasteiger partial charge in [-0.1, -0.05) is 23.4 Å². The Morgan fingerprint density at radius 3 is 2.52 bits per heavy atom. The molecule has 2 aromatic carbocycles. The highest BCUT2D eigenvalue weighted by atomic mass is 19.4. The van der Waals surface area contributed by atoms with Gasteiger partial charge in [0.1, 0.15) is 5.75 Å². The molecule has 0 aliphatic carbocycles. The third-order valence-electron chi connectivity index (χ3n) is 4.56. The lowest BCUT2D eigenvalue weighted by Crippen LogP contribution is -2.29. The maximum Gasteiger partial charge on any atom is 0.416 e. The van der Waals surface area contributed by atoms with Crippen LogP contribution in [0.1, 0.15) is 30.8 Å². The van der Waals surface area contributed by atoms with Gasteiger partial charge < -0.3 is 19.1 Å². The van der Waals surface area contributed by atoms with Crippen LogP contribution in [0.5, 0.6) is 5.75 Å². The highest BCUT2D eigenvalue weighted by molar-refractivity contribution is 5.72. The van der Waals surface area contributed by atoms with Crippen molar-refractivity contribution in [2.75, 3.05) is 6.61 Å². The van der Waals surface area contributed by atoms with Gasteiger partial charge in [0.05, 0.1) is 18.3 Å². The predicted molar refractivity (Wildman–Crippen MR) is 112 cm³/mol. The number of rotatable bonds is 10. The van der Waals surface area contributed by atoms with Crippen molar-refractivity contribution in [3.05, 3.63) is 65.5 Å². The van der Waals surface area contributed by atoms with Crippen molar-refractivity contribution in [3.8, 4) is 17.2 Å². The standard InChI is InChI=1S/C23H23F3N2O5/c1-14(2)32-19(22(29)30)12-15-6-8-18(9-7-15)31-11-10-20-27-21(33-28-20)16-4-3-5-17(13-16)23(24,25)26/h3-9,13-14,19H,10-12H2,1-2H3,(H,29,30). The Hall–Kier alpha value is -3.40. The molecule has 0 saturated carbocycles. The second-order valence-corrected chi connectivity index (χ2v) is 7.55. The van der Waals surface area contributed by atoms with Gasteiger partial charge >= 0.3 is 12.1 Å². The third-order valence-corrected chi connectivity index (χ3v) is 4.56. The van der Waals surface area contributed by atoms with E-state index in [-0.39, 0.29) is 37.0 Å². The summed E-state index contributed by atoms with van der Waals surface area (Å²) in [5.74, 6) is -0.156. The van der Waals surface area contributed by atoms with E-state index < -0.39 is 23.8 Å². The number of benzene rings is 2. The topological polar surface area (TPSA) is 94.7 Å². The number of ether oxygens (including phenoxy) is 2. The summed E-state index contributed by atoms with van der Waals surface area (Å²) in [6.07, 6.45) is -5.07. The Balaban J connectivity index is 1.53. The lowest BCUT2D eigenvalue weighted by Gasteiger charge is -2.16. The van der Waals surface area contributed by atoms with Crippen LogP contribution in [0.15, 0.2) is 53.1 Å². The normalized spacial score (nSPS) is 12.7. The zero-order chi connectivity index (χ0) is 24.0. The fourth-order valence-electron chi connectivity index (χ4n) is 3.02. The molecular formula is C23H23F3N2O5. The van der Waals surface area contributed by atoms with Crippen LogP contribution < -0.4 is 4.74 Å². The van der Waals surface area contributed by atoms with Gasteiger partial charge in [-0.05, 0) is 49.7 Å². The van der Waals surface area contributed by atoms with E-state index in [0.717, 1.165) is 17.7 Å². The Morgan fingerprint density at radius 1 is 1.15 bits per heavy atom. The van der Waals surface area contributed by atoms with Gasteiger partial charge in [0.2, 0.25) is 0 Å². The van der Waals surface area contributed by atoms with Crippen LogP contribution in [0, 0.1) is 0 Å². The molecule has 1 aromatic heterocycles. The fraction of sp³-hybridized carbons (Fsp3) is 0.348. The number of aromatic nitrogens is 2. The first-order valence-electron chi connectivity index (χ1n) is 10.2. The van der Waals surface area contributed by atoms with Crippen LogP contribution in [-0.4, -0.2) is 40.0 Å². The number of hydrogen-bond acceptors (Lipinski definition) is 6. The minimum absolute atomic E-state index is 0.00273. The minimum atomic E-state index is -4.46. The van der Waals surface area contributed by atoms with Crippen molar-refractivity contribution in [1.82, 2.24) is 10.1 Å². The van der Waals surface area contributed by atoms with Gasteiger partial charge in [0.25, 0.3) is 5.89 Å². The zero-order valence-electron chi connectivity index (χ0n) is 18.0. The van der Waals surface area contributed by atoms with Crippen molar-refractivity contribution in [2.45, 2.75) is 45.1 Å². The first-order valence-corrected chi connectivity index (χ1v) is 10.2. The number of nitrogens with zero attached hydrogens (tertiary/aromatic N) is 2. The van der Waals surface area contributed by atoms with Crippen LogP contribution in [0.25, 0.3) is 11.5 Å². The van der Waals surface area contributed by atoms with E-state index in [9.17, 15) is 23.1 Å². The molecule has 0 radical (unpaired) electrons. The Kier molecular flexibility index (Phi) is 7.70. The summed E-state index contributed by atoms with van der Waals surface area (Å²) in [5.41, 5.74) is 0.178. The van der Waals surface area contributed by atoms with E-state index in [1.165, 1.54) is 12.1 Å². The number of halogens is 3. The molecule has 0 aliphatic heterocycles. The molecule has 0 saturated heterocycles. The molecular weight excluding hydrogens is 441 g/mol. The smallest absolute Gasteiger partial charge is 0.416 e. The molecule has 0 spiro atoms. The summed E-state index contributed by atoms with van der Waals surface area (Å²) >= 11 is 0. The SMILES string of the molecule is CC(C)OC(Cc1ccc(OCCc2noc(-c3cccc(C(F)(F)F)c3)n2)cc1)C(=O)O. The molecule has 1 N–H and O–H groups in total. The third kappa shape index (κ3) is 7.04. The molecule has 3 rings (SSSR count). The van der Waals surface area contributed by atoms with Crippen LogP contribution in [0.4, 0.5) is 13.2 Å². The summed E-state index contributed by atoms with van der Waals surface area (Å²) in [4.78, 5) is 15.4. The summed E-state index contributed by atoms with van der Waals surface area (Å²) in [5, 5.41) is 13.1. The summed E-state index contributed by atoms with van der Waals surface area (Å²) in [6, 6.07) is 11.6. The molecule has 1 unspecified atom stereocenters. The van der Waals surface area contributed by atoms with E-state index in [4.69, 9.17) is 14.0 Å². The average molecular weight is 464 g/mol. The van der Waals surface area contributed by atoms with Crippen molar-refractivity contribution in [2.24, 2.45) is 0 Å². The van der Waals surface area contributed by atoms with E-state index in [0.29, 0.717) is 11.6 Å². The van der Waals surface area contributed by atoms with E-state index in [1.807, 2.05) is 0 Å². The molecule has 0 amide bonds. The van der Waals surface area contributed by atoms with Gasteiger partial charge in [0.15, 0.2) is 11.9 Å². The zero-order valence-corrected chi connectivity index (χ0v) is 18.0. The molecule has 3 aromatic rings. The van der Waals surface area contributed by atoms with E-state index in [1.54, 1.807) is 38.1 Å². The number of carboxylic acid groups (broad SMARTS) is 1. The molecule has 10 heteroatoms. The van der Waals surface area contributed by atoms with Crippen LogP contribution in [0.3, 0.4) is 0 Å². The molecule has 1 heterocycles. The highest BCUT2D eigenvalue weighted by Gasteiger charge is 2.30. The number of hydrogen-bond donors (Lipinski definition) is 1. The lowest BCUT2D eigenvalue weighted by atomic mass is 10.1. The lowest BCUT2D eigenvalue weighted by molar-refractivity contribution is -0.153. The first-order chi connectivity index (χ1) is 15.6. The summed E-state index contributed by atoms with van der Waals surface area (Å²) in [7, 11) is 0. The summed E-state index contributed by atoms with van der Waals surface area (Å²) < 4.78 is 54.7. The molecule has 0 bridgehead atoms. The van der Waals surface area contributed by atoms with Crippen LogP contribution in [0.2, 0.25) is 0 Å². The fourth-order valence-corrected chi connectivity index (χ4v) is 3.02. The van der Waals surface area contributed by atoms with E-state index >= 15 is 0 Å². The van der Waals surface area contributed by atoms with E-state index in [2.05, 4.69) is 10.1 Å². The predicted octanol–water partition coefficient (Wildman–Crippen LogP) is 4.80. The van der Waals surface area contributed by atoms with Gasteiger partial charge in [0, 0.05) is 18.4 Å². The molecule has 1 atom stereocenters. The van der Waals surface area contributed by atoms with Gasteiger partial charge in [-0.15, -0.1) is 0 Å². The number of aliphatic carboxylic acids is 1. The average Bonchev–Trinajstić information content (AvgIpc) is 3.22. The van der Waals surface area contributed by atoms with Gasteiger partial charge in [-0.2, -0.15) is 18.2 Å². The summed E-state index contributed by atoms with van der Waals surface area (Å²) in [6.45, 7) is 3.77. The Morgan fingerprint density at radius 2 is 1.88 bits per heavy atom. The maximum absolute atomic E-state index is 12.9. The number of alkyl halides is 3. The monoisotopic (exact) mass is 464 g/mol. The van der Waals surface area contributed by atoms with Crippen molar-refractivity contribution in [1.29, 1.82) is 0 Å².